The monoisotopic (exact) mass is 376 g/mol. The van der Waals surface area contributed by atoms with E-state index in [1.807, 2.05) is 24.3 Å². The second-order valence-electron chi connectivity index (χ2n) is 6.04. The van der Waals surface area contributed by atoms with Crippen LogP contribution in [0.15, 0.2) is 36.5 Å². The van der Waals surface area contributed by atoms with Gasteiger partial charge in [0, 0.05) is 18.8 Å². The highest BCUT2D eigenvalue weighted by Crippen LogP contribution is 2.13. The number of ether oxygens (including phenoxy) is 1. The maximum atomic E-state index is 12.3. The first kappa shape index (κ1) is 18.1. The highest BCUT2D eigenvalue weighted by Gasteiger charge is 2.29. The van der Waals surface area contributed by atoms with Gasteiger partial charge < -0.3 is 15.4 Å². The van der Waals surface area contributed by atoms with Crippen LogP contribution in [0.4, 0.5) is 5.95 Å². The summed E-state index contributed by atoms with van der Waals surface area (Å²) < 4.78 is 28.1. The molecule has 0 aliphatic carbocycles. The van der Waals surface area contributed by atoms with Crippen LogP contribution in [-0.2, 0) is 16.4 Å². The molecule has 3 rings (SSSR count). The minimum absolute atomic E-state index is 0.0214. The molecule has 1 fully saturated rings. The number of carbonyl (C=O) groups excluding carboxylic acids is 1. The SMILES string of the molecule is COc1ccc(CNc2nccc(C(=O)NC3CCS(=O)(=O)C3)n2)cc1. The standard InChI is InChI=1S/C17H20N4O4S/c1-25-14-4-2-12(3-5-14)10-19-17-18-8-6-15(21-17)16(22)20-13-7-9-26(23,24)11-13/h2-6,8,13H,7,9-11H2,1H3,(H,20,22)(H,18,19,21). The Morgan fingerprint density at radius 2 is 2.04 bits per heavy atom. The van der Waals surface area contributed by atoms with Gasteiger partial charge in [-0.15, -0.1) is 0 Å². The number of amides is 1. The summed E-state index contributed by atoms with van der Waals surface area (Å²) in [5.74, 6) is 0.787. The summed E-state index contributed by atoms with van der Waals surface area (Å²) in [5, 5.41) is 5.78. The van der Waals surface area contributed by atoms with Gasteiger partial charge in [0.15, 0.2) is 9.84 Å². The van der Waals surface area contributed by atoms with Crippen LogP contribution in [-0.4, -0.2) is 49.0 Å². The van der Waals surface area contributed by atoms with E-state index >= 15 is 0 Å². The van der Waals surface area contributed by atoms with E-state index in [4.69, 9.17) is 4.74 Å². The molecule has 1 aliphatic rings. The molecule has 2 heterocycles. The van der Waals surface area contributed by atoms with Gasteiger partial charge in [-0.2, -0.15) is 0 Å². The molecule has 1 aliphatic heterocycles. The number of hydrogen-bond acceptors (Lipinski definition) is 7. The molecule has 2 N–H and O–H groups in total. The quantitative estimate of drug-likeness (QED) is 0.774. The Bertz CT molecular complexity index is 884. The number of hydrogen-bond donors (Lipinski definition) is 2. The van der Waals surface area contributed by atoms with Gasteiger partial charge in [-0.25, -0.2) is 18.4 Å². The van der Waals surface area contributed by atoms with Gasteiger partial charge in [-0.05, 0) is 30.2 Å². The molecule has 8 nitrogen and oxygen atoms in total. The lowest BCUT2D eigenvalue weighted by molar-refractivity contribution is 0.0936. The van der Waals surface area contributed by atoms with Crippen LogP contribution in [0.3, 0.4) is 0 Å². The summed E-state index contributed by atoms with van der Waals surface area (Å²) >= 11 is 0. The molecule has 0 saturated carbocycles. The molecule has 26 heavy (non-hydrogen) atoms. The van der Waals surface area contributed by atoms with Crippen LogP contribution in [0.5, 0.6) is 5.75 Å². The maximum absolute atomic E-state index is 12.3. The number of nitrogens with one attached hydrogen (secondary N) is 2. The van der Waals surface area contributed by atoms with Gasteiger partial charge in [0.1, 0.15) is 11.4 Å². The van der Waals surface area contributed by atoms with Crippen LogP contribution >= 0.6 is 0 Å². The fraction of sp³-hybridized carbons (Fsp3) is 0.353. The van der Waals surface area contributed by atoms with E-state index in [1.165, 1.54) is 12.3 Å². The van der Waals surface area contributed by atoms with Gasteiger partial charge in [0.2, 0.25) is 5.95 Å². The lowest BCUT2D eigenvalue weighted by Crippen LogP contribution is -2.36. The van der Waals surface area contributed by atoms with Crippen molar-refractivity contribution < 1.29 is 17.9 Å². The van der Waals surface area contributed by atoms with Crippen molar-refractivity contribution in [3.05, 3.63) is 47.8 Å². The van der Waals surface area contributed by atoms with E-state index in [1.54, 1.807) is 7.11 Å². The van der Waals surface area contributed by atoms with E-state index in [2.05, 4.69) is 20.6 Å². The zero-order chi connectivity index (χ0) is 18.6. The summed E-state index contributed by atoms with van der Waals surface area (Å²) in [6.45, 7) is 0.496. The number of rotatable bonds is 6. The van der Waals surface area contributed by atoms with Crippen molar-refractivity contribution in [1.82, 2.24) is 15.3 Å². The Morgan fingerprint density at radius 3 is 2.69 bits per heavy atom. The van der Waals surface area contributed by atoms with Crippen molar-refractivity contribution in [1.29, 1.82) is 0 Å². The molecular weight excluding hydrogens is 356 g/mol. The summed E-state index contributed by atoms with van der Waals surface area (Å²) in [6.07, 6.45) is 1.92. The van der Waals surface area contributed by atoms with Crippen LogP contribution in [0.2, 0.25) is 0 Å². The fourth-order valence-electron chi connectivity index (χ4n) is 2.66. The molecule has 0 spiro atoms. The maximum Gasteiger partial charge on any atom is 0.270 e. The molecule has 0 radical (unpaired) electrons. The number of methoxy groups -OCH3 is 1. The summed E-state index contributed by atoms with van der Waals surface area (Å²) in [6, 6.07) is 8.69. The number of anilines is 1. The van der Waals surface area contributed by atoms with E-state index in [9.17, 15) is 13.2 Å². The van der Waals surface area contributed by atoms with E-state index in [0.717, 1.165) is 11.3 Å². The first-order chi connectivity index (χ1) is 12.4. The molecule has 1 amide bonds. The van der Waals surface area contributed by atoms with E-state index in [0.29, 0.717) is 18.9 Å². The Labute approximate surface area is 151 Å². The van der Waals surface area contributed by atoms with Gasteiger partial charge in [-0.3, -0.25) is 4.79 Å². The molecule has 138 valence electrons. The third kappa shape index (κ3) is 4.69. The van der Waals surface area contributed by atoms with Crippen molar-refractivity contribution in [3.63, 3.8) is 0 Å². The predicted octanol–water partition coefficient (Wildman–Crippen LogP) is 1.01. The van der Waals surface area contributed by atoms with Crippen LogP contribution in [0.1, 0.15) is 22.5 Å². The molecule has 1 aromatic heterocycles. The van der Waals surface area contributed by atoms with Crippen LogP contribution < -0.4 is 15.4 Å². The third-order valence-electron chi connectivity index (χ3n) is 4.07. The minimum Gasteiger partial charge on any atom is -0.497 e. The minimum atomic E-state index is -3.04. The van der Waals surface area contributed by atoms with Crippen molar-refractivity contribution in [3.8, 4) is 5.75 Å². The zero-order valence-corrected chi connectivity index (χ0v) is 15.1. The van der Waals surface area contributed by atoms with Crippen molar-refractivity contribution in [2.24, 2.45) is 0 Å². The average Bonchev–Trinajstić information content (AvgIpc) is 2.99. The second kappa shape index (κ2) is 7.69. The number of nitrogens with zero attached hydrogens (tertiary/aromatic N) is 2. The third-order valence-corrected chi connectivity index (χ3v) is 5.83. The lowest BCUT2D eigenvalue weighted by atomic mass is 10.2. The molecule has 1 aromatic carbocycles. The molecule has 2 aromatic rings. The van der Waals surface area contributed by atoms with Crippen LogP contribution in [0, 0.1) is 0 Å². The molecule has 0 bridgehead atoms. The highest BCUT2D eigenvalue weighted by atomic mass is 32.2. The molecule has 1 atom stereocenters. The van der Waals surface area contributed by atoms with Gasteiger partial charge in [0.25, 0.3) is 5.91 Å². The summed E-state index contributed by atoms with van der Waals surface area (Å²) in [4.78, 5) is 20.6. The predicted molar refractivity (Wildman–Crippen MR) is 96.9 cm³/mol. The highest BCUT2D eigenvalue weighted by molar-refractivity contribution is 7.91. The lowest BCUT2D eigenvalue weighted by Gasteiger charge is -2.11. The average molecular weight is 376 g/mol. The van der Waals surface area contributed by atoms with E-state index < -0.39 is 15.7 Å². The van der Waals surface area contributed by atoms with Crippen LogP contribution in [0.25, 0.3) is 0 Å². The summed E-state index contributed by atoms with van der Waals surface area (Å²) in [7, 11) is -1.43. The molecular formula is C17H20N4O4S. The topological polar surface area (TPSA) is 110 Å². The van der Waals surface area contributed by atoms with Crippen molar-refractivity contribution in [2.45, 2.75) is 19.0 Å². The zero-order valence-electron chi connectivity index (χ0n) is 14.3. The molecule has 9 heteroatoms. The number of carbonyl (C=O) groups is 1. The Morgan fingerprint density at radius 1 is 1.27 bits per heavy atom. The molecule has 1 unspecified atom stereocenters. The molecule has 1 saturated heterocycles. The number of sulfone groups is 1. The Balaban J connectivity index is 1.59. The number of aromatic nitrogens is 2. The van der Waals surface area contributed by atoms with Gasteiger partial charge in [-0.1, -0.05) is 12.1 Å². The normalized spacial score (nSPS) is 18.3. The van der Waals surface area contributed by atoms with Crippen molar-refractivity contribution in [2.75, 3.05) is 23.9 Å². The first-order valence-corrected chi connectivity index (χ1v) is 9.98. The fourth-order valence-corrected chi connectivity index (χ4v) is 4.34. The first-order valence-electron chi connectivity index (χ1n) is 8.16. The Kier molecular flexibility index (Phi) is 5.36. The second-order valence-corrected chi connectivity index (χ2v) is 8.27. The number of benzene rings is 1. The van der Waals surface area contributed by atoms with Crippen molar-refractivity contribution >= 4 is 21.7 Å². The van der Waals surface area contributed by atoms with Gasteiger partial charge >= 0.3 is 0 Å². The van der Waals surface area contributed by atoms with E-state index in [-0.39, 0.29) is 23.2 Å². The van der Waals surface area contributed by atoms with Gasteiger partial charge in [0.05, 0.1) is 18.6 Å². The summed E-state index contributed by atoms with van der Waals surface area (Å²) in [5.41, 5.74) is 1.21. The largest absolute Gasteiger partial charge is 0.497 e. The Hall–Kier alpha value is -2.68. The smallest absolute Gasteiger partial charge is 0.270 e.